The van der Waals surface area contributed by atoms with Crippen molar-refractivity contribution >= 4 is 10.0 Å². The highest BCUT2D eigenvalue weighted by molar-refractivity contribution is 7.89. The van der Waals surface area contributed by atoms with Crippen molar-refractivity contribution in [2.45, 2.75) is 44.4 Å². The number of morpholine rings is 1. The number of nitrogens with zero attached hydrogens (tertiary/aromatic N) is 2. The Morgan fingerprint density at radius 3 is 2.76 bits per heavy atom. The summed E-state index contributed by atoms with van der Waals surface area (Å²) >= 11 is 0. The second-order valence-corrected chi connectivity index (χ2v) is 8.16. The molecule has 0 N–H and O–H groups in total. The van der Waals surface area contributed by atoms with Crippen LogP contribution in [-0.2, 0) is 19.5 Å². The molecular weight excluding hydrogens is 292 g/mol. The quantitative estimate of drug-likeness (QED) is 0.685. The van der Waals surface area contributed by atoms with E-state index < -0.39 is 10.0 Å². The normalized spacial score (nSPS) is 30.8. The van der Waals surface area contributed by atoms with Gasteiger partial charge in [-0.1, -0.05) is 6.92 Å². The minimum absolute atomic E-state index is 0.0228. The highest BCUT2D eigenvalue weighted by atomic mass is 32.2. The Morgan fingerprint density at radius 1 is 1.33 bits per heavy atom. The monoisotopic (exact) mass is 320 g/mol. The lowest BCUT2D eigenvalue weighted by Gasteiger charge is -2.38. The Hall–Kier alpha value is -0.210. The van der Waals surface area contributed by atoms with Gasteiger partial charge in [-0.15, -0.1) is 0 Å². The summed E-state index contributed by atoms with van der Waals surface area (Å²) in [5.41, 5.74) is 0. The lowest BCUT2D eigenvalue weighted by atomic mass is 10.1. The zero-order valence-electron chi connectivity index (χ0n) is 13.3. The van der Waals surface area contributed by atoms with Crippen LogP contribution in [-0.4, -0.2) is 82.0 Å². The van der Waals surface area contributed by atoms with Gasteiger partial charge in [0.1, 0.15) is 6.10 Å². The molecule has 0 bridgehead atoms. The molecule has 2 rings (SSSR count). The third-order valence-electron chi connectivity index (χ3n) is 4.17. The Labute approximate surface area is 128 Å². The molecule has 21 heavy (non-hydrogen) atoms. The molecule has 7 heteroatoms. The van der Waals surface area contributed by atoms with Crippen LogP contribution in [0, 0.1) is 0 Å². The van der Waals surface area contributed by atoms with Crippen molar-refractivity contribution in [3.8, 4) is 0 Å². The van der Waals surface area contributed by atoms with Gasteiger partial charge in [0, 0.05) is 13.1 Å². The van der Waals surface area contributed by atoms with Crippen molar-refractivity contribution in [2.24, 2.45) is 0 Å². The second-order valence-electron chi connectivity index (χ2n) is 6.12. The summed E-state index contributed by atoms with van der Waals surface area (Å²) in [5.74, 6) is 0.225. The van der Waals surface area contributed by atoms with E-state index in [9.17, 15) is 8.42 Å². The summed E-state index contributed by atoms with van der Waals surface area (Å²) in [4.78, 5) is 2.08. The highest BCUT2D eigenvalue weighted by Gasteiger charge is 2.46. The molecule has 124 valence electrons. The van der Waals surface area contributed by atoms with Crippen LogP contribution in [0.25, 0.3) is 0 Å². The fourth-order valence-electron chi connectivity index (χ4n) is 3.17. The van der Waals surface area contributed by atoms with Crippen LogP contribution in [0.1, 0.15) is 26.2 Å². The van der Waals surface area contributed by atoms with Gasteiger partial charge in [-0.3, -0.25) is 0 Å². The standard InChI is InChI=1S/C14H28N2O4S/c1-4-11-21(17,18)16-8-10-20-14-12(16)5-6-13(14)19-9-7-15(2)3/h12-14H,4-11H2,1-3H3/t12-,13+,14+/m0/s1. The fraction of sp³-hybridized carbons (Fsp3) is 1.00. The van der Waals surface area contributed by atoms with Crippen molar-refractivity contribution in [3.63, 3.8) is 0 Å². The summed E-state index contributed by atoms with van der Waals surface area (Å²) < 4.78 is 38.1. The largest absolute Gasteiger partial charge is 0.374 e. The molecule has 0 spiro atoms. The fourth-order valence-corrected chi connectivity index (χ4v) is 4.91. The number of fused-ring (bicyclic) bond motifs is 1. The second kappa shape index (κ2) is 7.37. The van der Waals surface area contributed by atoms with Gasteiger partial charge >= 0.3 is 0 Å². The molecule has 0 aromatic rings. The Kier molecular flexibility index (Phi) is 6.02. The summed E-state index contributed by atoms with van der Waals surface area (Å²) in [5, 5.41) is 0. The number of ether oxygens (including phenoxy) is 2. The molecule has 1 aliphatic carbocycles. The molecule has 0 radical (unpaired) electrons. The molecule has 1 saturated carbocycles. The zero-order chi connectivity index (χ0) is 15.5. The topological polar surface area (TPSA) is 59.1 Å². The first-order valence-corrected chi connectivity index (χ1v) is 9.44. The van der Waals surface area contributed by atoms with Crippen LogP contribution < -0.4 is 0 Å². The van der Waals surface area contributed by atoms with Gasteiger partial charge in [-0.2, -0.15) is 4.31 Å². The molecule has 6 nitrogen and oxygen atoms in total. The Morgan fingerprint density at radius 2 is 2.10 bits per heavy atom. The van der Waals surface area contributed by atoms with Crippen molar-refractivity contribution in [3.05, 3.63) is 0 Å². The maximum absolute atomic E-state index is 12.4. The van der Waals surface area contributed by atoms with Crippen LogP contribution in [0.4, 0.5) is 0 Å². The number of likely N-dealkylation sites (N-methyl/N-ethyl adjacent to an activating group) is 1. The summed E-state index contributed by atoms with van der Waals surface area (Å²) in [6.07, 6.45) is 2.28. The molecule has 0 amide bonds. The van der Waals surface area contributed by atoms with Crippen LogP contribution in [0.15, 0.2) is 0 Å². The lowest BCUT2D eigenvalue weighted by Crippen LogP contribution is -2.54. The first kappa shape index (κ1) is 17.1. The van der Waals surface area contributed by atoms with E-state index in [2.05, 4.69) is 4.90 Å². The van der Waals surface area contributed by atoms with E-state index >= 15 is 0 Å². The third kappa shape index (κ3) is 4.16. The van der Waals surface area contributed by atoms with Crippen molar-refractivity contribution < 1.29 is 17.9 Å². The molecule has 0 aromatic carbocycles. The van der Waals surface area contributed by atoms with Crippen LogP contribution >= 0.6 is 0 Å². The molecular formula is C14H28N2O4S. The average molecular weight is 320 g/mol. The lowest BCUT2D eigenvalue weighted by molar-refractivity contribution is -0.0971. The molecule has 0 unspecified atom stereocenters. The van der Waals surface area contributed by atoms with Crippen LogP contribution in [0.2, 0.25) is 0 Å². The predicted molar refractivity (Wildman–Crippen MR) is 81.8 cm³/mol. The van der Waals surface area contributed by atoms with Gasteiger partial charge in [0.2, 0.25) is 10.0 Å². The number of hydrogen-bond acceptors (Lipinski definition) is 5. The highest BCUT2D eigenvalue weighted by Crippen LogP contribution is 2.33. The van der Waals surface area contributed by atoms with Crippen LogP contribution in [0.5, 0.6) is 0 Å². The third-order valence-corrected chi connectivity index (χ3v) is 6.27. The van der Waals surface area contributed by atoms with E-state index in [1.54, 1.807) is 4.31 Å². The van der Waals surface area contributed by atoms with Gasteiger partial charge in [0.25, 0.3) is 0 Å². The Balaban J connectivity index is 1.96. The van der Waals surface area contributed by atoms with E-state index in [-0.39, 0.29) is 24.0 Å². The number of sulfonamides is 1. The molecule has 1 aliphatic heterocycles. The average Bonchev–Trinajstić information content (AvgIpc) is 2.81. The van der Waals surface area contributed by atoms with E-state index in [1.807, 2.05) is 21.0 Å². The number of rotatable bonds is 7. The zero-order valence-corrected chi connectivity index (χ0v) is 14.1. The molecule has 2 fully saturated rings. The summed E-state index contributed by atoms with van der Waals surface area (Å²) in [7, 11) is 0.866. The first-order valence-electron chi connectivity index (χ1n) is 7.83. The first-order chi connectivity index (χ1) is 9.95. The van der Waals surface area contributed by atoms with E-state index in [1.165, 1.54) is 0 Å². The van der Waals surface area contributed by atoms with E-state index in [0.717, 1.165) is 19.4 Å². The maximum Gasteiger partial charge on any atom is 0.214 e. The smallest absolute Gasteiger partial charge is 0.214 e. The van der Waals surface area contributed by atoms with Crippen molar-refractivity contribution in [2.75, 3.05) is 46.2 Å². The number of hydrogen-bond donors (Lipinski definition) is 0. The molecule has 3 atom stereocenters. The Bertz CT molecular complexity index is 427. The van der Waals surface area contributed by atoms with Gasteiger partial charge in [0.15, 0.2) is 0 Å². The SMILES string of the molecule is CCCS(=O)(=O)N1CCO[C@H]2[C@H](OCCN(C)C)CC[C@@H]21. The van der Waals surface area contributed by atoms with Gasteiger partial charge < -0.3 is 14.4 Å². The minimum atomic E-state index is -3.16. The molecule has 1 heterocycles. The van der Waals surface area contributed by atoms with E-state index in [4.69, 9.17) is 9.47 Å². The van der Waals surface area contributed by atoms with Crippen molar-refractivity contribution in [1.29, 1.82) is 0 Å². The van der Waals surface area contributed by atoms with Gasteiger partial charge in [-0.25, -0.2) is 8.42 Å². The summed E-state index contributed by atoms with van der Waals surface area (Å²) in [6, 6.07) is -0.0420. The summed E-state index contributed by atoms with van der Waals surface area (Å²) in [6.45, 7) is 4.38. The minimum Gasteiger partial charge on any atom is -0.374 e. The molecule has 1 saturated heterocycles. The molecule has 2 aliphatic rings. The maximum atomic E-state index is 12.4. The molecule has 0 aromatic heterocycles. The van der Waals surface area contributed by atoms with Gasteiger partial charge in [-0.05, 0) is 33.4 Å². The van der Waals surface area contributed by atoms with Crippen LogP contribution in [0.3, 0.4) is 0 Å². The van der Waals surface area contributed by atoms with Crippen molar-refractivity contribution in [1.82, 2.24) is 9.21 Å². The van der Waals surface area contributed by atoms with Gasteiger partial charge in [0.05, 0.1) is 31.1 Å². The predicted octanol–water partition coefficient (Wildman–Crippen LogP) is 0.536. The van der Waals surface area contributed by atoms with E-state index in [0.29, 0.717) is 26.2 Å².